The van der Waals surface area contributed by atoms with Gasteiger partial charge >= 0.3 is 0 Å². The second kappa shape index (κ2) is 7.99. The van der Waals surface area contributed by atoms with Crippen LogP contribution in [-0.4, -0.2) is 53.8 Å². The lowest BCUT2D eigenvalue weighted by Crippen LogP contribution is -2.52. The third kappa shape index (κ3) is 3.94. The third-order valence-corrected chi connectivity index (χ3v) is 5.63. The first-order valence-electron chi connectivity index (χ1n) is 9.34. The molecule has 0 aliphatic carbocycles. The summed E-state index contributed by atoms with van der Waals surface area (Å²) in [6, 6.07) is 12.9. The lowest BCUT2D eigenvalue weighted by atomic mass is 10.1. The number of benzene rings is 2. The lowest BCUT2D eigenvalue weighted by molar-refractivity contribution is -0.123. The number of hydrogen-bond donors (Lipinski definition) is 0. The van der Waals surface area contributed by atoms with Crippen LogP contribution in [0, 0.1) is 5.82 Å². The molecule has 28 heavy (non-hydrogen) atoms. The molecule has 2 aromatic rings. The lowest BCUT2D eigenvalue weighted by Gasteiger charge is -2.37. The van der Waals surface area contributed by atoms with Crippen molar-refractivity contribution >= 4 is 29.1 Å². The Hall–Kier alpha value is -2.28. The highest BCUT2D eigenvalue weighted by atomic mass is 35.5. The van der Waals surface area contributed by atoms with Crippen molar-refractivity contribution in [1.29, 1.82) is 0 Å². The van der Waals surface area contributed by atoms with E-state index in [0.717, 1.165) is 37.7 Å². The average Bonchev–Trinajstić information content (AvgIpc) is 2.99. The molecule has 0 saturated carbocycles. The van der Waals surface area contributed by atoms with Gasteiger partial charge in [-0.25, -0.2) is 9.29 Å². The van der Waals surface area contributed by atoms with Gasteiger partial charge < -0.3 is 0 Å². The molecule has 2 aromatic carbocycles. The second-order valence-electron chi connectivity index (χ2n) is 7.20. The first-order valence-corrected chi connectivity index (χ1v) is 9.72. The highest BCUT2D eigenvalue weighted by Crippen LogP contribution is 2.26. The van der Waals surface area contributed by atoms with Gasteiger partial charge in [0.05, 0.1) is 18.2 Å². The van der Waals surface area contributed by atoms with Crippen molar-refractivity contribution in [3.8, 4) is 0 Å². The summed E-state index contributed by atoms with van der Waals surface area (Å²) < 4.78 is 13.1. The van der Waals surface area contributed by atoms with Gasteiger partial charge in [0.1, 0.15) is 5.82 Å². The molecule has 5 nitrogen and oxygen atoms in total. The van der Waals surface area contributed by atoms with Gasteiger partial charge in [-0.15, -0.1) is 0 Å². The first kappa shape index (κ1) is 19.1. The number of imide groups is 1. The molecule has 0 unspecified atom stereocenters. The van der Waals surface area contributed by atoms with Crippen molar-refractivity contribution < 1.29 is 14.0 Å². The average molecular weight is 402 g/mol. The number of rotatable bonds is 4. The van der Waals surface area contributed by atoms with Gasteiger partial charge in [-0.05, 0) is 42.0 Å². The number of carbonyl (C=O) groups is 2. The topological polar surface area (TPSA) is 43.9 Å². The van der Waals surface area contributed by atoms with Gasteiger partial charge in [-0.1, -0.05) is 23.7 Å². The zero-order valence-corrected chi connectivity index (χ0v) is 16.1. The van der Waals surface area contributed by atoms with E-state index in [9.17, 15) is 14.0 Å². The Labute approximate surface area is 168 Å². The Bertz CT molecular complexity index is 864. The SMILES string of the molecule is O=C1C[C@@H](N2CCN(Cc3ccc(Cl)cc3)CC2)C(=O)N1c1ccc(F)cc1. The minimum atomic E-state index is -0.435. The third-order valence-electron chi connectivity index (χ3n) is 5.37. The number of anilines is 1. The van der Waals surface area contributed by atoms with E-state index in [-0.39, 0.29) is 18.2 Å². The van der Waals surface area contributed by atoms with Gasteiger partial charge in [-0.3, -0.25) is 19.4 Å². The van der Waals surface area contributed by atoms with Gasteiger partial charge in [0, 0.05) is 37.7 Å². The fourth-order valence-electron chi connectivity index (χ4n) is 3.84. The highest BCUT2D eigenvalue weighted by Gasteiger charge is 2.43. The molecule has 2 amide bonds. The smallest absolute Gasteiger partial charge is 0.251 e. The standard InChI is InChI=1S/C21H21ClFN3O2/c22-16-3-1-15(2-4-16)14-24-9-11-25(12-10-24)19-13-20(27)26(21(19)28)18-7-5-17(23)6-8-18/h1-8,19H,9-14H2/t19-/m1/s1. The number of halogens is 2. The van der Waals surface area contributed by atoms with E-state index in [2.05, 4.69) is 9.80 Å². The molecular formula is C21H21ClFN3O2. The molecule has 2 heterocycles. The fourth-order valence-corrected chi connectivity index (χ4v) is 3.97. The molecule has 0 N–H and O–H groups in total. The van der Waals surface area contributed by atoms with Crippen LogP contribution in [-0.2, 0) is 16.1 Å². The van der Waals surface area contributed by atoms with E-state index in [1.165, 1.54) is 34.7 Å². The Kier molecular flexibility index (Phi) is 5.44. The van der Waals surface area contributed by atoms with Crippen molar-refractivity contribution in [3.63, 3.8) is 0 Å². The normalized spacial score (nSPS) is 21.5. The van der Waals surface area contributed by atoms with E-state index in [4.69, 9.17) is 11.6 Å². The Morgan fingerprint density at radius 3 is 2.21 bits per heavy atom. The number of hydrogen-bond acceptors (Lipinski definition) is 4. The van der Waals surface area contributed by atoms with Crippen LogP contribution < -0.4 is 4.90 Å². The van der Waals surface area contributed by atoms with Crippen LogP contribution in [0.2, 0.25) is 5.02 Å². The van der Waals surface area contributed by atoms with Crippen molar-refractivity contribution in [1.82, 2.24) is 9.80 Å². The molecule has 2 aliphatic heterocycles. The monoisotopic (exact) mass is 401 g/mol. The number of nitrogens with zero attached hydrogens (tertiary/aromatic N) is 3. The first-order chi connectivity index (χ1) is 13.5. The zero-order valence-electron chi connectivity index (χ0n) is 15.4. The maximum Gasteiger partial charge on any atom is 0.251 e. The summed E-state index contributed by atoms with van der Waals surface area (Å²) in [5.74, 6) is -0.843. The van der Waals surface area contributed by atoms with Crippen molar-refractivity contribution in [3.05, 3.63) is 64.9 Å². The van der Waals surface area contributed by atoms with Crippen LogP contribution in [0.25, 0.3) is 0 Å². The van der Waals surface area contributed by atoms with E-state index in [1.807, 2.05) is 24.3 Å². The van der Waals surface area contributed by atoms with Crippen LogP contribution in [0.15, 0.2) is 48.5 Å². The van der Waals surface area contributed by atoms with Crippen LogP contribution in [0.1, 0.15) is 12.0 Å². The molecule has 146 valence electrons. The van der Waals surface area contributed by atoms with E-state index in [0.29, 0.717) is 5.69 Å². The molecule has 2 fully saturated rings. The minimum Gasteiger partial charge on any atom is -0.297 e. The summed E-state index contributed by atoms with van der Waals surface area (Å²) >= 11 is 5.93. The van der Waals surface area contributed by atoms with Crippen LogP contribution in [0.5, 0.6) is 0 Å². The molecule has 2 saturated heterocycles. The molecule has 0 spiro atoms. The Morgan fingerprint density at radius 1 is 0.929 bits per heavy atom. The van der Waals surface area contributed by atoms with Crippen LogP contribution >= 0.6 is 11.6 Å². The molecule has 0 radical (unpaired) electrons. The molecular weight excluding hydrogens is 381 g/mol. The van der Waals surface area contributed by atoms with Gasteiger partial charge in [0.2, 0.25) is 5.91 Å². The molecule has 0 bridgehead atoms. The highest BCUT2D eigenvalue weighted by molar-refractivity contribution is 6.30. The van der Waals surface area contributed by atoms with Crippen molar-refractivity contribution in [2.75, 3.05) is 31.1 Å². The zero-order chi connectivity index (χ0) is 19.7. The van der Waals surface area contributed by atoms with Crippen molar-refractivity contribution in [2.45, 2.75) is 19.0 Å². The summed E-state index contributed by atoms with van der Waals surface area (Å²) in [5, 5.41) is 0.726. The van der Waals surface area contributed by atoms with E-state index in [1.54, 1.807) is 0 Å². The predicted octanol–water partition coefficient (Wildman–Crippen LogP) is 2.93. The number of carbonyl (C=O) groups excluding carboxylic acids is 2. The molecule has 2 aliphatic rings. The van der Waals surface area contributed by atoms with Crippen molar-refractivity contribution in [2.24, 2.45) is 0 Å². The maximum atomic E-state index is 13.1. The summed E-state index contributed by atoms with van der Waals surface area (Å²) in [6.07, 6.45) is 0.174. The Morgan fingerprint density at radius 2 is 1.57 bits per heavy atom. The fraction of sp³-hybridized carbons (Fsp3) is 0.333. The summed E-state index contributed by atoms with van der Waals surface area (Å²) in [6.45, 7) is 3.96. The summed E-state index contributed by atoms with van der Waals surface area (Å²) in [7, 11) is 0. The molecule has 0 aromatic heterocycles. The molecule has 7 heteroatoms. The van der Waals surface area contributed by atoms with E-state index < -0.39 is 11.9 Å². The van der Waals surface area contributed by atoms with Gasteiger partial charge in [0.15, 0.2) is 0 Å². The van der Waals surface area contributed by atoms with Crippen LogP contribution in [0.3, 0.4) is 0 Å². The largest absolute Gasteiger partial charge is 0.297 e. The van der Waals surface area contributed by atoms with Gasteiger partial charge in [0.25, 0.3) is 5.91 Å². The quantitative estimate of drug-likeness (QED) is 0.739. The molecule has 4 rings (SSSR count). The summed E-state index contributed by atoms with van der Waals surface area (Å²) in [5.41, 5.74) is 1.63. The number of amides is 2. The molecule has 1 atom stereocenters. The summed E-state index contributed by atoms with van der Waals surface area (Å²) in [4.78, 5) is 30.9. The minimum absolute atomic E-state index is 0.174. The maximum absolute atomic E-state index is 13.1. The van der Waals surface area contributed by atoms with E-state index >= 15 is 0 Å². The van der Waals surface area contributed by atoms with Crippen LogP contribution in [0.4, 0.5) is 10.1 Å². The predicted molar refractivity (Wildman–Crippen MR) is 106 cm³/mol. The van der Waals surface area contributed by atoms with Gasteiger partial charge in [-0.2, -0.15) is 0 Å². The Balaban J connectivity index is 1.37. The number of piperazine rings is 1. The second-order valence-corrected chi connectivity index (χ2v) is 7.64.